The number of benzene rings is 1. The van der Waals surface area contributed by atoms with E-state index in [1.165, 1.54) is 0 Å². The van der Waals surface area contributed by atoms with Crippen LogP contribution in [-0.4, -0.2) is 37.5 Å². The number of anilines is 1. The van der Waals surface area contributed by atoms with Gasteiger partial charge in [0.1, 0.15) is 0 Å². The van der Waals surface area contributed by atoms with Crippen LogP contribution in [-0.2, 0) is 9.47 Å². The molecule has 3 rings (SSSR count). The van der Waals surface area contributed by atoms with Gasteiger partial charge < -0.3 is 14.8 Å². The molecule has 1 aliphatic rings. The van der Waals surface area contributed by atoms with E-state index in [1.807, 2.05) is 24.4 Å². The van der Waals surface area contributed by atoms with E-state index in [-0.39, 0.29) is 0 Å². The molecule has 1 saturated heterocycles. The number of ether oxygens (including phenoxy) is 2. The third kappa shape index (κ3) is 3.93. The summed E-state index contributed by atoms with van der Waals surface area (Å²) in [6.45, 7) is 3.03. The highest BCUT2D eigenvalue weighted by Crippen LogP contribution is 2.24. The molecule has 1 unspecified atom stereocenters. The maximum Gasteiger partial charge on any atom is 0.0809 e. The number of fused-ring (bicyclic) bond motifs is 1. The van der Waals surface area contributed by atoms with Crippen molar-refractivity contribution in [3.8, 4) is 0 Å². The fourth-order valence-corrected chi connectivity index (χ4v) is 2.88. The summed E-state index contributed by atoms with van der Waals surface area (Å²) in [5.74, 6) is 0. The van der Waals surface area contributed by atoms with Crippen LogP contribution in [0.1, 0.15) is 12.8 Å². The lowest BCUT2D eigenvalue weighted by atomic mass is 10.2. The number of nitrogens with zero attached hydrogens (tertiary/aromatic N) is 1. The topological polar surface area (TPSA) is 43.4 Å². The second-order valence-corrected chi connectivity index (χ2v) is 6.07. The molecule has 5 heteroatoms. The second-order valence-electron chi connectivity index (χ2n) is 5.16. The largest absolute Gasteiger partial charge is 0.382 e. The Morgan fingerprint density at radius 2 is 2.33 bits per heavy atom. The van der Waals surface area contributed by atoms with E-state index in [0.29, 0.717) is 19.3 Å². The molecule has 0 amide bonds. The maximum absolute atomic E-state index is 5.66. The monoisotopic (exact) mass is 350 g/mol. The molecule has 0 saturated carbocycles. The van der Waals surface area contributed by atoms with E-state index >= 15 is 0 Å². The van der Waals surface area contributed by atoms with Crippen molar-refractivity contribution < 1.29 is 9.47 Å². The first-order valence-corrected chi connectivity index (χ1v) is 8.10. The SMILES string of the molecule is Brc1ccc2nccc(NCCOCC3CCCO3)c2c1. The molecule has 0 radical (unpaired) electrons. The number of nitrogens with one attached hydrogen (secondary N) is 1. The van der Waals surface area contributed by atoms with Crippen LogP contribution >= 0.6 is 15.9 Å². The Morgan fingerprint density at radius 3 is 3.19 bits per heavy atom. The second kappa shape index (κ2) is 7.20. The van der Waals surface area contributed by atoms with Crippen molar-refractivity contribution in [3.63, 3.8) is 0 Å². The van der Waals surface area contributed by atoms with E-state index in [9.17, 15) is 0 Å². The van der Waals surface area contributed by atoms with E-state index in [4.69, 9.17) is 9.47 Å². The molecule has 2 heterocycles. The zero-order chi connectivity index (χ0) is 14.5. The molecule has 1 atom stereocenters. The molecule has 1 N–H and O–H groups in total. The van der Waals surface area contributed by atoms with Gasteiger partial charge in [0.05, 0.1) is 24.8 Å². The lowest BCUT2D eigenvalue weighted by molar-refractivity contribution is 0.0206. The summed E-state index contributed by atoms with van der Waals surface area (Å²) in [6, 6.07) is 8.09. The highest BCUT2D eigenvalue weighted by atomic mass is 79.9. The minimum Gasteiger partial charge on any atom is -0.382 e. The summed E-state index contributed by atoms with van der Waals surface area (Å²) in [5, 5.41) is 4.53. The Bertz CT molecular complexity index is 600. The van der Waals surface area contributed by atoms with E-state index < -0.39 is 0 Å². The van der Waals surface area contributed by atoms with Crippen LogP contribution < -0.4 is 5.32 Å². The smallest absolute Gasteiger partial charge is 0.0809 e. The van der Waals surface area contributed by atoms with Crippen LogP contribution in [0.3, 0.4) is 0 Å². The molecule has 1 aromatic carbocycles. The van der Waals surface area contributed by atoms with Gasteiger partial charge in [0.25, 0.3) is 0 Å². The molecular formula is C16H19BrN2O2. The lowest BCUT2D eigenvalue weighted by Crippen LogP contribution is -2.17. The number of rotatable bonds is 6. The van der Waals surface area contributed by atoms with Crippen molar-refractivity contribution in [1.29, 1.82) is 0 Å². The Hall–Kier alpha value is -1.17. The summed E-state index contributed by atoms with van der Waals surface area (Å²) in [4.78, 5) is 4.37. The van der Waals surface area contributed by atoms with Crippen LogP contribution in [0.4, 0.5) is 5.69 Å². The third-order valence-electron chi connectivity index (χ3n) is 3.59. The van der Waals surface area contributed by atoms with Crippen LogP contribution in [0.25, 0.3) is 10.9 Å². The van der Waals surface area contributed by atoms with Crippen LogP contribution in [0, 0.1) is 0 Å². The van der Waals surface area contributed by atoms with Gasteiger partial charge in [-0.25, -0.2) is 0 Å². The first-order chi connectivity index (χ1) is 10.3. The number of halogens is 1. The zero-order valence-electron chi connectivity index (χ0n) is 11.8. The van der Waals surface area contributed by atoms with Gasteiger partial charge >= 0.3 is 0 Å². The van der Waals surface area contributed by atoms with Crippen LogP contribution in [0.2, 0.25) is 0 Å². The fraction of sp³-hybridized carbons (Fsp3) is 0.438. The van der Waals surface area contributed by atoms with Crippen molar-refractivity contribution in [2.45, 2.75) is 18.9 Å². The predicted octanol–water partition coefficient (Wildman–Crippen LogP) is 3.60. The molecule has 0 bridgehead atoms. The molecule has 0 aliphatic carbocycles. The van der Waals surface area contributed by atoms with Gasteiger partial charge in [-0.05, 0) is 37.1 Å². The van der Waals surface area contributed by atoms with E-state index in [2.05, 4.69) is 32.3 Å². The Kier molecular flexibility index (Phi) is 5.06. The van der Waals surface area contributed by atoms with Gasteiger partial charge in [0.15, 0.2) is 0 Å². The minimum absolute atomic E-state index is 0.294. The van der Waals surface area contributed by atoms with E-state index in [1.54, 1.807) is 0 Å². The Labute approximate surface area is 133 Å². The third-order valence-corrected chi connectivity index (χ3v) is 4.09. The summed E-state index contributed by atoms with van der Waals surface area (Å²) in [7, 11) is 0. The van der Waals surface area contributed by atoms with E-state index in [0.717, 1.165) is 47.1 Å². The summed E-state index contributed by atoms with van der Waals surface area (Å²) < 4.78 is 12.2. The molecule has 0 spiro atoms. The molecule has 1 fully saturated rings. The standard InChI is InChI=1S/C16H19BrN2O2/c17-12-3-4-15-14(10-12)16(5-6-18-15)19-7-9-20-11-13-2-1-8-21-13/h3-6,10,13H,1-2,7-9,11H2,(H,18,19). The van der Waals surface area contributed by atoms with Crippen molar-refractivity contribution in [1.82, 2.24) is 4.98 Å². The van der Waals surface area contributed by atoms with Crippen molar-refractivity contribution in [2.24, 2.45) is 0 Å². The number of pyridine rings is 1. The summed E-state index contributed by atoms with van der Waals surface area (Å²) in [5.41, 5.74) is 2.07. The molecule has 21 heavy (non-hydrogen) atoms. The van der Waals surface area contributed by atoms with Gasteiger partial charge in [-0.1, -0.05) is 15.9 Å². The van der Waals surface area contributed by atoms with Crippen molar-refractivity contribution in [3.05, 3.63) is 34.9 Å². The average molecular weight is 351 g/mol. The maximum atomic E-state index is 5.66. The Balaban J connectivity index is 1.51. The normalized spacial score (nSPS) is 18.2. The predicted molar refractivity (Wildman–Crippen MR) is 87.7 cm³/mol. The van der Waals surface area contributed by atoms with Crippen molar-refractivity contribution >= 4 is 32.5 Å². The van der Waals surface area contributed by atoms with Crippen LogP contribution in [0.5, 0.6) is 0 Å². The van der Waals surface area contributed by atoms with Crippen molar-refractivity contribution in [2.75, 3.05) is 31.7 Å². The first kappa shape index (κ1) is 14.8. The number of hydrogen-bond acceptors (Lipinski definition) is 4. The van der Waals surface area contributed by atoms with Gasteiger partial charge in [0, 0.05) is 34.9 Å². The average Bonchev–Trinajstić information content (AvgIpc) is 3.00. The molecule has 1 aliphatic heterocycles. The summed E-state index contributed by atoms with van der Waals surface area (Å²) >= 11 is 3.50. The molecular weight excluding hydrogens is 332 g/mol. The fourth-order valence-electron chi connectivity index (χ4n) is 2.52. The molecule has 2 aromatic rings. The number of hydrogen-bond donors (Lipinski definition) is 1. The Morgan fingerprint density at radius 1 is 1.38 bits per heavy atom. The quantitative estimate of drug-likeness (QED) is 0.808. The highest BCUT2D eigenvalue weighted by molar-refractivity contribution is 9.10. The highest BCUT2D eigenvalue weighted by Gasteiger charge is 2.14. The van der Waals surface area contributed by atoms with Gasteiger partial charge in [0.2, 0.25) is 0 Å². The van der Waals surface area contributed by atoms with Gasteiger partial charge in [-0.15, -0.1) is 0 Å². The zero-order valence-corrected chi connectivity index (χ0v) is 13.4. The molecule has 112 valence electrons. The lowest BCUT2D eigenvalue weighted by Gasteiger charge is -2.12. The van der Waals surface area contributed by atoms with Gasteiger partial charge in [-0.3, -0.25) is 4.98 Å². The molecule has 4 nitrogen and oxygen atoms in total. The van der Waals surface area contributed by atoms with Crippen LogP contribution in [0.15, 0.2) is 34.9 Å². The van der Waals surface area contributed by atoms with Gasteiger partial charge in [-0.2, -0.15) is 0 Å². The first-order valence-electron chi connectivity index (χ1n) is 7.30. The summed E-state index contributed by atoms with van der Waals surface area (Å²) in [6.07, 6.45) is 4.40. The molecule has 1 aromatic heterocycles. The minimum atomic E-state index is 0.294. The number of aromatic nitrogens is 1.